The summed E-state index contributed by atoms with van der Waals surface area (Å²) in [5, 5.41) is 6.64. The van der Waals surface area contributed by atoms with Gasteiger partial charge in [-0.05, 0) is 32.9 Å². The molecular formula is C17H22N4O3. The van der Waals surface area contributed by atoms with E-state index in [4.69, 9.17) is 4.74 Å². The molecule has 2 heterocycles. The molecule has 1 aliphatic rings. The minimum Gasteiger partial charge on any atom is -0.444 e. The molecule has 1 amide bonds. The van der Waals surface area contributed by atoms with Gasteiger partial charge in [-0.25, -0.2) is 19.3 Å². The number of benzene rings is 1. The first-order valence-corrected chi connectivity index (χ1v) is 8.03. The van der Waals surface area contributed by atoms with Crippen molar-refractivity contribution >= 4 is 6.09 Å². The van der Waals surface area contributed by atoms with Crippen LogP contribution in [0.4, 0.5) is 4.79 Å². The number of ether oxygens (including phenoxy) is 1. The minimum atomic E-state index is -0.488. The van der Waals surface area contributed by atoms with Crippen molar-refractivity contribution in [3.8, 4) is 5.69 Å². The second-order valence-electron chi connectivity index (χ2n) is 7.07. The molecule has 0 aliphatic carbocycles. The monoisotopic (exact) mass is 330 g/mol. The molecular weight excluding hydrogens is 308 g/mol. The molecule has 1 aliphatic heterocycles. The van der Waals surface area contributed by atoms with E-state index >= 15 is 0 Å². The topological polar surface area (TPSA) is 80.2 Å². The quantitative estimate of drug-likeness (QED) is 0.933. The summed E-state index contributed by atoms with van der Waals surface area (Å²) in [4.78, 5) is 25.7. The second kappa shape index (κ2) is 6.14. The van der Waals surface area contributed by atoms with E-state index in [1.165, 1.54) is 0 Å². The third kappa shape index (κ3) is 3.50. The van der Waals surface area contributed by atoms with Gasteiger partial charge in [0.25, 0.3) is 0 Å². The number of rotatable bonds is 3. The lowest BCUT2D eigenvalue weighted by atomic mass is 9.96. The molecule has 0 saturated carbocycles. The van der Waals surface area contributed by atoms with E-state index in [1.807, 2.05) is 51.1 Å². The second-order valence-corrected chi connectivity index (χ2v) is 7.07. The van der Waals surface area contributed by atoms with Crippen molar-refractivity contribution < 1.29 is 9.53 Å². The van der Waals surface area contributed by atoms with Gasteiger partial charge >= 0.3 is 11.8 Å². The first kappa shape index (κ1) is 16.3. The van der Waals surface area contributed by atoms with Gasteiger partial charge in [0, 0.05) is 25.4 Å². The van der Waals surface area contributed by atoms with Crippen molar-refractivity contribution in [1.29, 1.82) is 0 Å². The molecule has 1 N–H and O–H groups in total. The van der Waals surface area contributed by atoms with Crippen LogP contribution in [0.3, 0.4) is 0 Å². The molecule has 0 bridgehead atoms. The number of para-hydroxylation sites is 1. The van der Waals surface area contributed by atoms with E-state index in [-0.39, 0.29) is 17.7 Å². The molecule has 1 aromatic heterocycles. The molecule has 1 saturated heterocycles. The fraction of sp³-hybridized carbons (Fsp3) is 0.471. The highest BCUT2D eigenvalue weighted by molar-refractivity contribution is 5.69. The van der Waals surface area contributed by atoms with Crippen LogP contribution in [-0.4, -0.2) is 44.4 Å². The highest BCUT2D eigenvalue weighted by atomic mass is 16.6. The van der Waals surface area contributed by atoms with Crippen molar-refractivity contribution in [3.63, 3.8) is 0 Å². The van der Waals surface area contributed by atoms with Crippen LogP contribution in [0.15, 0.2) is 35.1 Å². The van der Waals surface area contributed by atoms with Gasteiger partial charge < -0.3 is 9.64 Å². The van der Waals surface area contributed by atoms with Crippen molar-refractivity contribution in [2.75, 3.05) is 13.1 Å². The fourth-order valence-electron chi connectivity index (χ4n) is 2.74. The van der Waals surface area contributed by atoms with Gasteiger partial charge in [-0.15, -0.1) is 0 Å². The molecule has 7 nitrogen and oxygen atoms in total. The molecule has 128 valence electrons. The Morgan fingerprint density at radius 3 is 2.58 bits per heavy atom. The Bertz CT molecular complexity index is 767. The Balaban J connectivity index is 1.64. The molecule has 2 aromatic rings. The highest BCUT2D eigenvalue weighted by Gasteiger charge is 2.34. The van der Waals surface area contributed by atoms with Crippen LogP contribution >= 0.6 is 0 Å². The van der Waals surface area contributed by atoms with Crippen molar-refractivity contribution in [3.05, 3.63) is 46.6 Å². The minimum absolute atomic E-state index is 0.250. The summed E-state index contributed by atoms with van der Waals surface area (Å²) in [6, 6.07) is 9.40. The van der Waals surface area contributed by atoms with Gasteiger partial charge in [0.15, 0.2) is 0 Å². The number of nitrogens with zero attached hydrogens (tertiary/aromatic N) is 3. The first-order valence-electron chi connectivity index (χ1n) is 8.03. The summed E-state index contributed by atoms with van der Waals surface area (Å²) in [6.45, 7) is 6.79. The maximum atomic E-state index is 12.0. The van der Waals surface area contributed by atoms with Crippen LogP contribution in [0, 0.1) is 5.92 Å². The lowest BCUT2D eigenvalue weighted by molar-refractivity contribution is -0.00119. The van der Waals surface area contributed by atoms with Crippen molar-refractivity contribution in [1.82, 2.24) is 19.7 Å². The standard InChI is InChI=1S/C17H22N4O3/c1-17(2,3)24-16(23)20-10-12(11-20)9-14-18-19-15(22)21(14)13-7-5-4-6-8-13/h4-8,12H,9-11H2,1-3H3,(H,19,22). The number of hydrogen-bond acceptors (Lipinski definition) is 4. The molecule has 0 radical (unpaired) electrons. The fourth-order valence-corrected chi connectivity index (χ4v) is 2.74. The third-order valence-electron chi connectivity index (χ3n) is 3.84. The van der Waals surface area contributed by atoms with E-state index in [2.05, 4.69) is 10.2 Å². The number of hydrogen-bond donors (Lipinski definition) is 1. The Hall–Kier alpha value is -2.57. The first-order chi connectivity index (χ1) is 11.3. The summed E-state index contributed by atoms with van der Waals surface area (Å²) in [6.07, 6.45) is 0.341. The summed E-state index contributed by atoms with van der Waals surface area (Å²) in [5.41, 5.74) is 0.0483. The Morgan fingerprint density at radius 1 is 1.29 bits per heavy atom. The largest absolute Gasteiger partial charge is 0.444 e. The molecule has 1 aromatic carbocycles. The summed E-state index contributed by atoms with van der Waals surface area (Å²) >= 11 is 0. The molecule has 0 unspecified atom stereocenters. The smallest absolute Gasteiger partial charge is 0.410 e. The van der Waals surface area contributed by atoms with Crippen LogP contribution in [0.25, 0.3) is 5.69 Å². The third-order valence-corrected chi connectivity index (χ3v) is 3.84. The van der Waals surface area contributed by atoms with Crippen LogP contribution < -0.4 is 5.69 Å². The average Bonchev–Trinajstić information content (AvgIpc) is 2.82. The van der Waals surface area contributed by atoms with E-state index in [0.717, 1.165) is 5.69 Å². The van der Waals surface area contributed by atoms with Crippen molar-refractivity contribution in [2.45, 2.75) is 32.8 Å². The normalized spacial score (nSPS) is 15.2. The van der Waals surface area contributed by atoms with Crippen LogP contribution in [0.1, 0.15) is 26.6 Å². The Morgan fingerprint density at radius 2 is 1.96 bits per heavy atom. The number of aromatic nitrogens is 3. The van der Waals surface area contributed by atoms with Gasteiger partial charge in [0.2, 0.25) is 0 Å². The molecule has 3 rings (SSSR count). The Labute approximate surface area is 140 Å². The zero-order chi connectivity index (χ0) is 17.3. The van der Waals surface area contributed by atoms with E-state index in [9.17, 15) is 9.59 Å². The summed E-state index contributed by atoms with van der Waals surface area (Å²) in [7, 11) is 0. The summed E-state index contributed by atoms with van der Waals surface area (Å²) in [5.74, 6) is 0.954. The molecule has 0 spiro atoms. The van der Waals surface area contributed by atoms with Gasteiger partial charge in [0.05, 0.1) is 5.69 Å². The highest BCUT2D eigenvalue weighted by Crippen LogP contribution is 2.22. The van der Waals surface area contributed by atoms with Crippen LogP contribution in [0.2, 0.25) is 0 Å². The predicted molar refractivity (Wildman–Crippen MR) is 89.2 cm³/mol. The van der Waals surface area contributed by atoms with Gasteiger partial charge in [-0.1, -0.05) is 18.2 Å². The number of carbonyl (C=O) groups excluding carboxylic acids is 1. The number of likely N-dealkylation sites (tertiary alicyclic amines) is 1. The maximum absolute atomic E-state index is 12.0. The number of carbonyl (C=O) groups is 1. The molecule has 1 fully saturated rings. The van der Waals surface area contributed by atoms with Gasteiger partial charge in [-0.2, -0.15) is 5.10 Å². The van der Waals surface area contributed by atoms with Crippen molar-refractivity contribution in [2.24, 2.45) is 5.92 Å². The van der Waals surface area contributed by atoms with Crippen LogP contribution in [0.5, 0.6) is 0 Å². The molecule has 24 heavy (non-hydrogen) atoms. The van der Waals surface area contributed by atoms with Gasteiger partial charge in [0.1, 0.15) is 11.4 Å². The average molecular weight is 330 g/mol. The van der Waals surface area contributed by atoms with Crippen LogP contribution in [-0.2, 0) is 11.2 Å². The Kier molecular flexibility index (Phi) is 4.17. The number of amides is 1. The molecule has 7 heteroatoms. The number of aromatic amines is 1. The lowest BCUT2D eigenvalue weighted by Crippen LogP contribution is -2.52. The maximum Gasteiger partial charge on any atom is 0.410 e. The summed E-state index contributed by atoms with van der Waals surface area (Å²) < 4.78 is 6.93. The van der Waals surface area contributed by atoms with E-state index < -0.39 is 5.60 Å². The zero-order valence-corrected chi connectivity index (χ0v) is 14.2. The van der Waals surface area contributed by atoms with E-state index in [1.54, 1.807) is 9.47 Å². The SMILES string of the molecule is CC(C)(C)OC(=O)N1CC(Cc2n[nH]c(=O)n2-c2ccccc2)C1. The van der Waals surface area contributed by atoms with E-state index in [0.29, 0.717) is 25.3 Å². The zero-order valence-electron chi connectivity index (χ0n) is 14.2. The van der Waals surface area contributed by atoms with Gasteiger partial charge in [-0.3, -0.25) is 0 Å². The lowest BCUT2D eigenvalue weighted by Gasteiger charge is -2.39. The molecule has 0 atom stereocenters. The predicted octanol–water partition coefficient (Wildman–Crippen LogP) is 1.97. The number of nitrogens with one attached hydrogen (secondary N) is 1. The number of H-pyrrole nitrogens is 1.